The Morgan fingerprint density at radius 3 is 2.35 bits per heavy atom. The molecule has 0 amide bonds. The van der Waals surface area contributed by atoms with Crippen LogP contribution < -0.4 is 4.90 Å². The first-order valence-electron chi connectivity index (χ1n) is 10.4. The predicted molar refractivity (Wildman–Crippen MR) is 127 cm³/mol. The third-order valence-corrected chi connectivity index (χ3v) is 5.91. The number of hydrogen-bond donors (Lipinski definition) is 1. The summed E-state index contributed by atoms with van der Waals surface area (Å²) in [5.41, 5.74) is 1.50. The van der Waals surface area contributed by atoms with Gasteiger partial charge in [0.25, 0.3) is 10.1 Å². The number of likely N-dealkylation sites (N-methyl/N-ethyl adjacent to an activating group) is 1. The molecule has 1 heterocycles. The maximum Gasteiger partial charge on any atom is 0.264 e. The Hall–Kier alpha value is -3.62. The molecule has 0 atom stereocenters. The summed E-state index contributed by atoms with van der Waals surface area (Å²) in [6.45, 7) is 4.80. The van der Waals surface area contributed by atoms with E-state index in [0.717, 1.165) is 11.3 Å². The maximum absolute atomic E-state index is 10.7. The minimum Gasteiger partial charge on any atom is -0.480 e. The number of benzene rings is 1. The number of nitriles is 3. The van der Waals surface area contributed by atoms with Crippen LogP contribution in [-0.2, 0) is 19.6 Å². The number of hydrogen-bond acceptors (Lipinski definition) is 8. The van der Waals surface area contributed by atoms with Gasteiger partial charge in [0.05, 0.1) is 12.4 Å². The fourth-order valence-corrected chi connectivity index (χ4v) is 3.76. The van der Waals surface area contributed by atoms with Gasteiger partial charge in [0.2, 0.25) is 0 Å². The molecule has 0 saturated carbocycles. The monoisotopic (exact) mass is 482 g/mol. The lowest BCUT2D eigenvalue weighted by Gasteiger charge is -2.20. The van der Waals surface area contributed by atoms with Crippen LogP contribution >= 0.6 is 0 Å². The van der Waals surface area contributed by atoms with Gasteiger partial charge in [0, 0.05) is 31.5 Å². The lowest BCUT2D eigenvalue weighted by molar-refractivity contribution is 0.0954. The van der Waals surface area contributed by atoms with Crippen LogP contribution in [0.2, 0.25) is 0 Å². The van der Waals surface area contributed by atoms with Crippen molar-refractivity contribution in [3.05, 3.63) is 58.4 Å². The van der Waals surface area contributed by atoms with Gasteiger partial charge >= 0.3 is 0 Å². The van der Waals surface area contributed by atoms with Crippen LogP contribution in [0.25, 0.3) is 6.08 Å². The quantitative estimate of drug-likeness (QED) is 0.301. The average Bonchev–Trinajstić information content (AvgIpc) is 3.04. The van der Waals surface area contributed by atoms with Gasteiger partial charge in [0.1, 0.15) is 29.4 Å². The van der Waals surface area contributed by atoms with Gasteiger partial charge in [-0.3, -0.25) is 4.55 Å². The summed E-state index contributed by atoms with van der Waals surface area (Å²) in [7, 11) is -2.05. The van der Waals surface area contributed by atoms with Gasteiger partial charge < -0.3 is 14.4 Å². The van der Waals surface area contributed by atoms with E-state index in [9.17, 15) is 13.7 Å². The summed E-state index contributed by atoms with van der Waals surface area (Å²) in [4.78, 5) is 1.99. The molecule has 0 fully saturated rings. The van der Waals surface area contributed by atoms with Crippen LogP contribution in [0.1, 0.15) is 25.8 Å². The van der Waals surface area contributed by atoms with E-state index in [0.29, 0.717) is 18.7 Å². The molecule has 9 nitrogen and oxygen atoms in total. The molecule has 1 aromatic carbocycles. The molecule has 1 aromatic rings. The van der Waals surface area contributed by atoms with Crippen LogP contribution in [0.5, 0.6) is 0 Å². The van der Waals surface area contributed by atoms with Crippen molar-refractivity contribution in [2.45, 2.75) is 25.9 Å². The molecule has 178 valence electrons. The molecule has 0 aliphatic carbocycles. The molecule has 1 aliphatic rings. The van der Waals surface area contributed by atoms with Crippen LogP contribution in [0, 0.1) is 34.0 Å². The van der Waals surface area contributed by atoms with Gasteiger partial charge in [-0.1, -0.05) is 24.3 Å². The fraction of sp³-hybridized carbons (Fsp3) is 0.375. The summed E-state index contributed by atoms with van der Waals surface area (Å²) in [5.74, 6) is -0.308. The highest BCUT2D eigenvalue weighted by Gasteiger charge is 2.38. The highest BCUT2D eigenvalue weighted by molar-refractivity contribution is 7.85. The van der Waals surface area contributed by atoms with E-state index in [2.05, 4.69) is 6.07 Å². The average molecular weight is 483 g/mol. The largest absolute Gasteiger partial charge is 0.480 e. The lowest BCUT2D eigenvalue weighted by Crippen LogP contribution is -2.23. The SMILES string of the molecule is CN(CCOCCCS(=O)(=O)O)c1ccc(/C=C/C2=C(C#N)C(=C(C#N)C#N)OC2(C)C)cc1. The second kappa shape index (κ2) is 11.5. The highest BCUT2D eigenvalue weighted by atomic mass is 32.2. The molecule has 0 bridgehead atoms. The van der Waals surface area contributed by atoms with Crippen molar-refractivity contribution in [2.75, 3.05) is 37.5 Å². The van der Waals surface area contributed by atoms with Crippen molar-refractivity contribution >= 4 is 21.9 Å². The molecule has 1 aliphatic heterocycles. The van der Waals surface area contributed by atoms with E-state index < -0.39 is 15.7 Å². The van der Waals surface area contributed by atoms with E-state index in [-0.39, 0.29) is 35.7 Å². The van der Waals surface area contributed by atoms with Crippen molar-refractivity contribution in [3.8, 4) is 18.2 Å². The zero-order valence-electron chi connectivity index (χ0n) is 19.3. The van der Waals surface area contributed by atoms with Gasteiger partial charge in [-0.05, 0) is 38.0 Å². The molecule has 0 aromatic heterocycles. The van der Waals surface area contributed by atoms with Crippen molar-refractivity contribution in [1.29, 1.82) is 15.8 Å². The minimum atomic E-state index is -3.95. The summed E-state index contributed by atoms with van der Waals surface area (Å²) < 4.78 is 41.2. The molecule has 0 spiro atoms. The number of ether oxygens (including phenoxy) is 2. The molecule has 10 heteroatoms. The zero-order valence-corrected chi connectivity index (χ0v) is 20.1. The molecule has 34 heavy (non-hydrogen) atoms. The maximum atomic E-state index is 10.7. The first kappa shape index (κ1) is 26.6. The van der Waals surface area contributed by atoms with Crippen LogP contribution in [-0.4, -0.2) is 51.1 Å². The van der Waals surface area contributed by atoms with Crippen molar-refractivity contribution in [1.82, 2.24) is 0 Å². The standard InChI is InChI=1S/C24H26N4O5S/c1-24(2)22(21(17-27)23(33-24)19(15-25)16-26)10-7-18-5-8-20(9-6-18)28(3)11-13-32-12-4-14-34(29,30)31/h5-10H,4,11-14H2,1-3H3,(H,29,30,31)/b10-7+. The number of nitrogens with zero attached hydrogens (tertiary/aromatic N) is 4. The van der Waals surface area contributed by atoms with Crippen LogP contribution in [0.3, 0.4) is 0 Å². The second-order valence-electron chi connectivity index (χ2n) is 8.04. The van der Waals surface area contributed by atoms with Gasteiger partial charge in [-0.2, -0.15) is 24.2 Å². The molecule has 1 N–H and O–H groups in total. The van der Waals surface area contributed by atoms with Crippen LogP contribution in [0.4, 0.5) is 5.69 Å². The summed E-state index contributed by atoms with van der Waals surface area (Å²) in [5, 5.41) is 27.9. The van der Waals surface area contributed by atoms with E-state index in [1.807, 2.05) is 42.3 Å². The van der Waals surface area contributed by atoms with E-state index >= 15 is 0 Å². The van der Waals surface area contributed by atoms with Crippen molar-refractivity contribution in [3.63, 3.8) is 0 Å². The third kappa shape index (κ3) is 7.19. The minimum absolute atomic E-state index is 0.00864. The van der Waals surface area contributed by atoms with Crippen LogP contribution in [0.15, 0.2) is 52.8 Å². The second-order valence-corrected chi connectivity index (χ2v) is 9.61. The fourth-order valence-electron chi connectivity index (χ4n) is 3.28. The molecule has 0 unspecified atom stereocenters. The summed E-state index contributed by atoms with van der Waals surface area (Å²) >= 11 is 0. The highest BCUT2D eigenvalue weighted by Crippen LogP contribution is 2.40. The van der Waals surface area contributed by atoms with Gasteiger partial charge in [-0.25, -0.2) is 0 Å². The van der Waals surface area contributed by atoms with Gasteiger partial charge in [0.15, 0.2) is 11.3 Å². The Labute approximate surface area is 200 Å². The Morgan fingerprint density at radius 2 is 1.79 bits per heavy atom. The number of anilines is 1. The molecular weight excluding hydrogens is 456 g/mol. The Kier molecular flexibility index (Phi) is 9.00. The number of allylic oxidation sites excluding steroid dienone is 2. The van der Waals surface area contributed by atoms with E-state index in [1.54, 1.807) is 32.1 Å². The number of rotatable bonds is 10. The third-order valence-electron chi connectivity index (χ3n) is 5.10. The normalized spacial score (nSPS) is 14.9. The zero-order chi connectivity index (χ0) is 25.4. The smallest absolute Gasteiger partial charge is 0.264 e. The first-order valence-corrected chi connectivity index (χ1v) is 12.0. The lowest BCUT2D eigenvalue weighted by atomic mass is 9.94. The molecule has 0 saturated heterocycles. The topological polar surface area (TPSA) is 147 Å². The molecule has 0 radical (unpaired) electrons. The van der Waals surface area contributed by atoms with Crippen molar-refractivity contribution < 1.29 is 22.4 Å². The summed E-state index contributed by atoms with van der Waals surface area (Å²) in [6, 6.07) is 13.3. The summed E-state index contributed by atoms with van der Waals surface area (Å²) in [6.07, 6.45) is 3.83. The van der Waals surface area contributed by atoms with Gasteiger partial charge in [-0.15, -0.1) is 0 Å². The van der Waals surface area contributed by atoms with E-state index in [4.69, 9.17) is 24.6 Å². The van der Waals surface area contributed by atoms with E-state index in [1.165, 1.54) is 0 Å². The Morgan fingerprint density at radius 1 is 1.15 bits per heavy atom. The molecular formula is C24H26N4O5S. The Bertz CT molecular complexity index is 1210. The predicted octanol–water partition coefficient (Wildman–Crippen LogP) is 3.36. The molecule has 2 rings (SSSR count). The van der Waals surface area contributed by atoms with Crippen molar-refractivity contribution in [2.24, 2.45) is 0 Å². The Balaban J connectivity index is 2.04. The first-order chi connectivity index (χ1) is 16.0.